The molecule has 0 fully saturated rings. The molecule has 1 aromatic carbocycles. The quantitative estimate of drug-likeness (QED) is 0.738. The fourth-order valence-electron chi connectivity index (χ4n) is 1.87. The average Bonchev–Trinajstić information content (AvgIpc) is 2.92. The Morgan fingerprint density at radius 2 is 2.00 bits per heavy atom. The normalized spacial score (nSPS) is 10.2. The van der Waals surface area contributed by atoms with Gasteiger partial charge in [0.2, 0.25) is 0 Å². The highest BCUT2D eigenvalue weighted by atomic mass is 32.1. The highest BCUT2D eigenvalue weighted by Gasteiger charge is 2.13. The van der Waals surface area contributed by atoms with Gasteiger partial charge in [-0.3, -0.25) is 9.97 Å². The van der Waals surface area contributed by atoms with Gasteiger partial charge in [-0.1, -0.05) is 30.3 Å². The van der Waals surface area contributed by atoms with Gasteiger partial charge >= 0.3 is 0 Å². The van der Waals surface area contributed by atoms with Crippen LogP contribution in [-0.2, 0) is 6.42 Å². The number of nitriles is 1. The van der Waals surface area contributed by atoms with Crippen molar-refractivity contribution in [3.63, 3.8) is 0 Å². The number of hydrogen-bond donors (Lipinski definition) is 0. The van der Waals surface area contributed by atoms with Gasteiger partial charge in [0.25, 0.3) is 0 Å². The van der Waals surface area contributed by atoms with Gasteiger partial charge < -0.3 is 0 Å². The van der Waals surface area contributed by atoms with Gasteiger partial charge in [-0.05, 0) is 5.56 Å². The van der Waals surface area contributed by atoms with Gasteiger partial charge in [0.05, 0.1) is 11.9 Å². The first-order valence-corrected chi connectivity index (χ1v) is 6.88. The lowest BCUT2D eigenvalue weighted by Gasteiger charge is -1.97. The number of benzene rings is 1. The Morgan fingerprint density at radius 1 is 1.15 bits per heavy atom. The Labute approximate surface area is 120 Å². The van der Waals surface area contributed by atoms with E-state index in [1.165, 1.54) is 11.3 Å². The zero-order valence-corrected chi connectivity index (χ0v) is 11.3. The molecule has 0 unspecified atom stereocenters. The van der Waals surface area contributed by atoms with E-state index in [4.69, 9.17) is 0 Å². The first kappa shape index (κ1) is 12.5. The molecular formula is C15H10N4S. The molecule has 0 spiro atoms. The van der Waals surface area contributed by atoms with Crippen molar-refractivity contribution in [2.24, 2.45) is 0 Å². The zero-order valence-electron chi connectivity index (χ0n) is 10.5. The predicted octanol–water partition coefficient (Wildman–Crippen LogP) is 3.06. The monoisotopic (exact) mass is 278 g/mol. The first-order chi connectivity index (χ1) is 9.86. The van der Waals surface area contributed by atoms with Crippen LogP contribution in [0.2, 0.25) is 0 Å². The third-order valence-corrected chi connectivity index (χ3v) is 3.82. The summed E-state index contributed by atoms with van der Waals surface area (Å²) in [6.45, 7) is 0. The maximum absolute atomic E-state index is 9.24. The van der Waals surface area contributed by atoms with E-state index in [9.17, 15) is 5.26 Å². The molecule has 0 aliphatic rings. The summed E-state index contributed by atoms with van der Waals surface area (Å²) in [6.07, 6.45) is 5.56. The molecule has 0 saturated heterocycles. The topological polar surface area (TPSA) is 62.5 Å². The molecule has 4 nitrogen and oxygen atoms in total. The molecule has 0 aliphatic heterocycles. The molecule has 2 heterocycles. The minimum Gasteiger partial charge on any atom is -0.261 e. The lowest BCUT2D eigenvalue weighted by atomic mass is 10.1. The third kappa shape index (κ3) is 2.56. The fraction of sp³-hybridized carbons (Fsp3) is 0.0667. The van der Waals surface area contributed by atoms with Crippen LogP contribution in [0.25, 0.3) is 10.7 Å². The molecule has 0 N–H and O–H groups in total. The van der Waals surface area contributed by atoms with Crippen molar-refractivity contribution in [2.75, 3.05) is 0 Å². The van der Waals surface area contributed by atoms with Crippen LogP contribution in [0, 0.1) is 11.3 Å². The van der Waals surface area contributed by atoms with Gasteiger partial charge in [-0.25, -0.2) is 4.98 Å². The molecule has 2 aromatic heterocycles. The molecule has 0 bridgehead atoms. The highest BCUT2D eigenvalue weighted by Crippen LogP contribution is 2.27. The summed E-state index contributed by atoms with van der Waals surface area (Å²) in [5.41, 5.74) is 2.64. The second-order valence-electron chi connectivity index (χ2n) is 4.16. The SMILES string of the molecule is N#Cc1sc(-c2cnccn2)nc1Cc1ccccc1. The van der Waals surface area contributed by atoms with Crippen molar-refractivity contribution in [3.05, 3.63) is 65.1 Å². The van der Waals surface area contributed by atoms with E-state index in [0.717, 1.165) is 16.3 Å². The molecule has 96 valence electrons. The van der Waals surface area contributed by atoms with Crippen LogP contribution in [0.1, 0.15) is 16.1 Å². The Kier molecular flexibility index (Phi) is 3.48. The lowest BCUT2D eigenvalue weighted by Crippen LogP contribution is -1.91. The fourth-order valence-corrected chi connectivity index (χ4v) is 2.71. The number of hydrogen-bond acceptors (Lipinski definition) is 5. The second-order valence-corrected chi connectivity index (χ2v) is 5.16. The Hall–Kier alpha value is -2.58. The molecule has 0 saturated carbocycles. The van der Waals surface area contributed by atoms with E-state index >= 15 is 0 Å². The van der Waals surface area contributed by atoms with Gasteiger partial charge in [0.15, 0.2) is 0 Å². The number of thiazole rings is 1. The summed E-state index contributed by atoms with van der Waals surface area (Å²) in [4.78, 5) is 13.4. The summed E-state index contributed by atoms with van der Waals surface area (Å²) in [5.74, 6) is 0. The summed E-state index contributed by atoms with van der Waals surface area (Å²) in [5, 5.41) is 9.98. The zero-order chi connectivity index (χ0) is 13.8. The van der Waals surface area contributed by atoms with Crippen LogP contribution < -0.4 is 0 Å². The van der Waals surface area contributed by atoms with E-state index < -0.39 is 0 Å². The molecule has 3 rings (SSSR count). The Morgan fingerprint density at radius 3 is 2.70 bits per heavy atom. The molecule has 3 aromatic rings. The smallest absolute Gasteiger partial charge is 0.145 e. The minimum atomic E-state index is 0.634. The largest absolute Gasteiger partial charge is 0.261 e. The average molecular weight is 278 g/mol. The summed E-state index contributed by atoms with van der Waals surface area (Å²) < 4.78 is 0. The van der Waals surface area contributed by atoms with E-state index in [2.05, 4.69) is 21.0 Å². The first-order valence-electron chi connectivity index (χ1n) is 6.07. The van der Waals surface area contributed by atoms with Crippen LogP contribution in [0.15, 0.2) is 48.9 Å². The molecule has 5 heteroatoms. The Bertz CT molecular complexity index is 745. The van der Waals surface area contributed by atoms with E-state index in [1.54, 1.807) is 18.6 Å². The van der Waals surface area contributed by atoms with Crippen molar-refractivity contribution in [1.82, 2.24) is 15.0 Å². The van der Waals surface area contributed by atoms with E-state index in [0.29, 0.717) is 17.0 Å². The van der Waals surface area contributed by atoms with Crippen molar-refractivity contribution < 1.29 is 0 Å². The molecule has 0 amide bonds. The van der Waals surface area contributed by atoms with Gasteiger partial charge in [0.1, 0.15) is 21.6 Å². The van der Waals surface area contributed by atoms with Crippen LogP contribution in [-0.4, -0.2) is 15.0 Å². The van der Waals surface area contributed by atoms with Crippen LogP contribution in [0.4, 0.5) is 0 Å². The maximum atomic E-state index is 9.24. The van der Waals surface area contributed by atoms with Crippen LogP contribution in [0.5, 0.6) is 0 Å². The van der Waals surface area contributed by atoms with Crippen LogP contribution >= 0.6 is 11.3 Å². The second kappa shape index (κ2) is 5.59. The van der Waals surface area contributed by atoms with Crippen molar-refractivity contribution in [3.8, 4) is 16.8 Å². The van der Waals surface area contributed by atoms with Gasteiger partial charge in [0, 0.05) is 18.8 Å². The van der Waals surface area contributed by atoms with Gasteiger partial charge in [-0.15, -0.1) is 11.3 Å². The molecular weight excluding hydrogens is 268 g/mol. The van der Waals surface area contributed by atoms with Crippen molar-refractivity contribution >= 4 is 11.3 Å². The summed E-state index contributed by atoms with van der Waals surface area (Å²) in [6, 6.07) is 12.2. The number of rotatable bonds is 3. The third-order valence-electron chi connectivity index (χ3n) is 2.80. The summed E-state index contributed by atoms with van der Waals surface area (Å²) in [7, 11) is 0. The molecule has 0 radical (unpaired) electrons. The van der Waals surface area contributed by atoms with Crippen molar-refractivity contribution in [2.45, 2.75) is 6.42 Å². The highest BCUT2D eigenvalue weighted by molar-refractivity contribution is 7.15. The molecule has 0 aliphatic carbocycles. The minimum absolute atomic E-state index is 0.634. The maximum Gasteiger partial charge on any atom is 0.145 e. The number of nitrogens with zero attached hydrogens (tertiary/aromatic N) is 4. The number of aromatic nitrogens is 3. The predicted molar refractivity (Wildman–Crippen MR) is 77.1 cm³/mol. The lowest BCUT2D eigenvalue weighted by molar-refractivity contribution is 1.09. The standard InChI is InChI=1S/C15H10N4S/c16-9-14-12(8-11-4-2-1-3-5-11)19-15(20-14)13-10-17-6-7-18-13/h1-7,10H,8H2. The van der Waals surface area contributed by atoms with Crippen LogP contribution in [0.3, 0.4) is 0 Å². The van der Waals surface area contributed by atoms with E-state index in [-0.39, 0.29) is 0 Å². The van der Waals surface area contributed by atoms with Gasteiger partial charge in [-0.2, -0.15) is 5.26 Å². The summed E-state index contributed by atoms with van der Waals surface area (Å²) >= 11 is 1.36. The Balaban J connectivity index is 1.96. The molecule has 0 atom stereocenters. The van der Waals surface area contributed by atoms with E-state index in [1.807, 2.05) is 30.3 Å². The molecule has 20 heavy (non-hydrogen) atoms. The van der Waals surface area contributed by atoms with Crippen molar-refractivity contribution in [1.29, 1.82) is 5.26 Å².